The van der Waals surface area contributed by atoms with E-state index in [1.807, 2.05) is 6.07 Å². The van der Waals surface area contributed by atoms with E-state index in [4.69, 9.17) is 5.26 Å². The van der Waals surface area contributed by atoms with Gasteiger partial charge in [0.2, 0.25) is 0 Å². The van der Waals surface area contributed by atoms with Crippen LogP contribution in [0.5, 0.6) is 0 Å². The Morgan fingerprint density at radius 3 is 2.50 bits per heavy atom. The van der Waals surface area contributed by atoms with E-state index in [-0.39, 0.29) is 11.6 Å². The summed E-state index contributed by atoms with van der Waals surface area (Å²) in [6.07, 6.45) is 1.31. The van der Waals surface area contributed by atoms with Gasteiger partial charge in [-0.25, -0.2) is 13.4 Å². The Labute approximate surface area is 117 Å². The molecule has 1 heterocycles. The van der Waals surface area contributed by atoms with Gasteiger partial charge in [-0.2, -0.15) is 9.57 Å². The SMILES string of the molecule is Cc1ncc(S(=O)(=O)N(C)Cc2ccc(C#N)cc2)[nH]1. The molecule has 0 bridgehead atoms. The number of hydrogen-bond donors (Lipinski definition) is 1. The molecule has 1 aromatic heterocycles. The van der Waals surface area contributed by atoms with Gasteiger partial charge in [0.15, 0.2) is 5.03 Å². The van der Waals surface area contributed by atoms with Crippen LogP contribution in [0.1, 0.15) is 17.0 Å². The van der Waals surface area contributed by atoms with Crippen molar-refractivity contribution in [3.05, 3.63) is 47.4 Å². The van der Waals surface area contributed by atoms with Crippen LogP contribution in [0.2, 0.25) is 0 Å². The summed E-state index contributed by atoms with van der Waals surface area (Å²) in [5, 5.41) is 8.80. The smallest absolute Gasteiger partial charge is 0.260 e. The van der Waals surface area contributed by atoms with Crippen LogP contribution in [-0.2, 0) is 16.6 Å². The Morgan fingerprint density at radius 2 is 2.00 bits per heavy atom. The highest BCUT2D eigenvalue weighted by molar-refractivity contribution is 7.89. The molecule has 104 valence electrons. The molecule has 20 heavy (non-hydrogen) atoms. The molecule has 0 atom stereocenters. The topological polar surface area (TPSA) is 89.8 Å². The Morgan fingerprint density at radius 1 is 1.35 bits per heavy atom. The maximum Gasteiger partial charge on any atom is 0.260 e. The number of sulfonamides is 1. The molecule has 0 amide bonds. The molecule has 1 N–H and O–H groups in total. The summed E-state index contributed by atoms with van der Waals surface area (Å²) >= 11 is 0. The molecule has 0 radical (unpaired) electrons. The lowest BCUT2D eigenvalue weighted by Gasteiger charge is -2.15. The molecule has 2 aromatic rings. The Bertz CT molecular complexity index is 741. The zero-order valence-electron chi connectivity index (χ0n) is 11.2. The van der Waals surface area contributed by atoms with Gasteiger partial charge < -0.3 is 4.98 Å². The van der Waals surface area contributed by atoms with E-state index in [2.05, 4.69) is 9.97 Å². The molecular formula is C13H14N4O2S. The average molecular weight is 290 g/mol. The molecule has 6 nitrogen and oxygen atoms in total. The predicted molar refractivity (Wildman–Crippen MR) is 73.1 cm³/mol. The molecular weight excluding hydrogens is 276 g/mol. The Balaban J connectivity index is 2.18. The summed E-state index contributed by atoms with van der Waals surface area (Å²) in [7, 11) is -2.08. The maximum atomic E-state index is 12.3. The highest BCUT2D eigenvalue weighted by Gasteiger charge is 2.22. The van der Waals surface area contributed by atoms with E-state index in [1.54, 1.807) is 31.2 Å². The van der Waals surface area contributed by atoms with E-state index < -0.39 is 10.0 Å². The van der Waals surface area contributed by atoms with Crippen molar-refractivity contribution in [1.29, 1.82) is 5.26 Å². The lowest BCUT2D eigenvalue weighted by molar-refractivity contribution is 0.464. The summed E-state index contributed by atoms with van der Waals surface area (Å²) in [4.78, 5) is 6.62. The van der Waals surface area contributed by atoms with Crippen LogP contribution in [0, 0.1) is 18.3 Å². The molecule has 0 aliphatic heterocycles. The third-order valence-corrected chi connectivity index (χ3v) is 4.57. The third kappa shape index (κ3) is 2.87. The minimum absolute atomic E-state index is 0.0751. The quantitative estimate of drug-likeness (QED) is 0.921. The van der Waals surface area contributed by atoms with Gasteiger partial charge >= 0.3 is 0 Å². The monoisotopic (exact) mass is 290 g/mol. The predicted octanol–water partition coefficient (Wildman–Crippen LogP) is 1.41. The van der Waals surface area contributed by atoms with E-state index in [0.29, 0.717) is 11.4 Å². The number of rotatable bonds is 4. The van der Waals surface area contributed by atoms with Gasteiger partial charge in [0.1, 0.15) is 5.82 Å². The number of nitrogens with one attached hydrogen (secondary N) is 1. The summed E-state index contributed by atoms with van der Waals surface area (Å²) in [6, 6.07) is 8.82. The van der Waals surface area contributed by atoms with Gasteiger partial charge in [-0.3, -0.25) is 0 Å². The zero-order valence-corrected chi connectivity index (χ0v) is 12.0. The fourth-order valence-corrected chi connectivity index (χ4v) is 2.84. The molecule has 0 aliphatic rings. The van der Waals surface area contributed by atoms with Crippen molar-refractivity contribution in [1.82, 2.24) is 14.3 Å². The number of aromatic amines is 1. The van der Waals surface area contributed by atoms with Crippen LogP contribution in [-0.4, -0.2) is 29.7 Å². The second-order valence-corrected chi connectivity index (χ2v) is 6.42. The van der Waals surface area contributed by atoms with Crippen LogP contribution >= 0.6 is 0 Å². The summed E-state index contributed by atoms with van der Waals surface area (Å²) in [5.41, 5.74) is 1.36. The highest BCUT2D eigenvalue weighted by atomic mass is 32.2. The Hall–Kier alpha value is -2.17. The van der Waals surface area contributed by atoms with Crippen LogP contribution in [0.15, 0.2) is 35.5 Å². The molecule has 0 fully saturated rings. The number of aromatic nitrogens is 2. The number of benzene rings is 1. The first-order chi connectivity index (χ1) is 9.43. The number of nitriles is 1. The molecule has 7 heteroatoms. The standard InChI is InChI=1S/C13H14N4O2S/c1-10-15-8-13(16-10)20(18,19)17(2)9-12-5-3-11(7-14)4-6-12/h3-6,8H,9H2,1-2H3,(H,15,16). The molecule has 0 unspecified atom stereocenters. The van der Waals surface area contributed by atoms with Crippen molar-refractivity contribution in [2.24, 2.45) is 0 Å². The molecule has 1 aromatic carbocycles. The van der Waals surface area contributed by atoms with Gasteiger partial charge in [0.05, 0.1) is 17.8 Å². The molecule has 0 saturated heterocycles. The number of nitrogens with zero attached hydrogens (tertiary/aromatic N) is 3. The van der Waals surface area contributed by atoms with Crippen LogP contribution < -0.4 is 0 Å². The van der Waals surface area contributed by atoms with Crippen molar-refractivity contribution in [2.45, 2.75) is 18.5 Å². The second kappa shape index (κ2) is 5.45. The van der Waals surface area contributed by atoms with E-state index >= 15 is 0 Å². The van der Waals surface area contributed by atoms with Gasteiger partial charge in [-0.05, 0) is 24.6 Å². The summed E-state index contributed by atoms with van der Waals surface area (Å²) in [6.45, 7) is 1.92. The normalized spacial score (nSPS) is 11.5. The van der Waals surface area contributed by atoms with E-state index in [1.165, 1.54) is 17.5 Å². The van der Waals surface area contributed by atoms with Crippen molar-refractivity contribution >= 4 is 10.0 Å². The molecule has 0 saturated carbocycles. The Kier molecular flexibility index (Phi) is 3.88. The summed E-state index contributed by atoms with van der Waals surface area (Å²) < 4.78 is 25.8. The fourth-order valence-electron chi connectivity index (χ4n) is 1.72. The largest absolute Gasteiger partial charge is 0.332 e. The van der Waals surface area contributed by atoms with Crippen LogP contribution in [0.25, 0.3) is 0 Å². The lowest BCUT2D eigenvalue weighted by Crippen LogP contribution is -2.26. The van der Waals surface area contributed by atoms with Gasteiger partial charge in [-0.15, -0.1) is 0 Å². The first-order valence-corrected chi connectivity index (χ1v) is 7.34. The van der Waals surface area contributed by atoms with Crippen LogP contribution in [0.4, 0.5) is 0 Å². The first-order valence-electron chi connectivity index (χ1n) is 5.90. The van der Waals surface area contributed by atoms with Gasteiger partial charge in [0.25, 0.3) is 10.0 Å². The van der Waals surface area contributed by atoms with Gasteiger partial charge in [-0.1, -0.05) is 12.1 Å². The second-order valence-electron chi connectivity index (χ2n) is 4.40. The minimum atomic E-state index is -3.58. The average Bonchev–Trinajstić information content (AvgIpc) is 2.87. The molecule has 0 aliphatic carbocycles. The van der Waals surface area contributed by atoms with Crippen molar-refractivity contribution in [3.8, 4) is 6.07 Å². The zero-order chi connectivity index (χ0) is 14.8. The highest BCUT2D eigenvalue weighted by Crippen LogP contribution is 2.15. The number of imidazole rings is 1. The number of H-pyrrole nitrogens is 1. The van der Waals surface area contributed by atoms with Gasteiger partial charge in [0, 0.05) is 13.6 Å². The minimum Gasteiger partial charge on any atom is -0.332 e. The van der Waals surface area contributed by atoms with E-state index in [0.717, 1.165) is 5.56 Å². The molecule has 0 spiro atoms. The number of aryl methyl sites for hydroxylation is 1. The maximum absolute atomic E-state index is 12.3. The third-order valence-electron chi connectivity index (χ3n) is 2.86. The van der Waals surface area contributed by atoms with Crippen molar-refractivity contribution in [3.63, 3.8) is 0 Å². The number of hydrogen-bond acceptors (Lipinski definition) is 4. The first kappa shape index (κ1) is 14.2. The van der Waals surface area contributed by atoms with Crippen molar-refractivity contribution < 1.29 is 8.42 Å². The molecule has 2 rings (SSSR count). The summed E-state index contributed by atoms with van der Waals surface area (Å²) in [5.74, 6) is 0.551. The van der Waals surface area contributed by atoms with Crippen molar-refractivity contribution in [2.75, 3.05) is 7.05 Å². The lowest BCUT2D eigenvalue weighted by atomic mass is 10.1. The van der Waals surface area contributed by atoms with Crippen LogP contribution in [0.3, 0.4) is 0 Å². The fraction of sp³-hybridized carbons (Fsp3) is 0.231. The van der Waals surface area contributed by atoms with E-state index in [9.17, 15) is 8.42 Å².